The van der Waals surface area contributed by atoms with Crippen LogP contribution in [0.5, 0.6) is 0 Å². The lowest BCUT2D eigenvalue weighted by atomic mass is 9.96. The Morgan fingerprint density at radius 3 is 2.96 bits per heavy atom. The van der Waals surface area contributed by atoms with Crippen LogP contribution in [0.3, 0.4) is 0 Å². The Labute approximate surface area is 157 Å². The maximum Gasteiger partial charge on any atom is 0.223 e. The molecule has 5 nitrogen and oxygen atoms in total. The Bertz CT molecular complexity index is 878. The molecule has 1 aliphatic heterocycles. The van der Waals surface area contributed by atoms with Gasteiger partial charge in [0.15, 0.2) is 0 Å². The van der Waals surface area contributed by atoms with E-state index in [0.717, 1.165) is 55.9 Å². The van der Waals surface area contributed by atoms with Crippen LogP contribution in [-0.2, 0) is 11.2 Å². The van der Waals surface area contributed by atoms with Gasteiger partial charge in [0.2, 0.25) is 11.9 Å². The molecule has 136 valence electrons. The van der Waals surface area contributed by atoms with E-state index >= 15 is 0 Å². The van der Waals surface area contributed by atoms with Crippen LogP contribution in [0.25, 0.3) is 11.0 Å². The number of aromatic amines is 1. The second-order valence-electron chi connectivity index (χ2n) is 6.96. The largest absolute Gasteiger partial charge is 0.355 e. The van der Waals surface area contributed by atoms with E-state index < -0.39 is 0 Å². The number of hydrogen-bond acceptors (Lipinski definition) is 4. The number of nitrogens with one attached hydrogen (secondary N) is 2. The molecule has 2 N–H and O–H groups in total. The molecule has 0 bridgehead atoms. The predicted octanol–water partition coefficient (Wildman–Crippen LogP) is 3.51. The number of carbonyl (C=O) groups excluding carboxylic acids is 1. The van der Waals surface area contributed by atoms with Crippen molar-refractivity contribution in [3.05, 3.63) is 46.2 Å². The number of hydrogen-bond donors (Lipinski definition) is 2. The second-order valence-corrected chi connectivity index (χ2v) is 7.99. The van der Waals surface area contributed by atoms with Crippen molar-refractivity contribution in [2.45, 2.75) is 26.2 Å². The zero-order valence-electron chi connectivity index (χ0n) is 15.0. The third-order valence-corrected chi connectivity index (χ3v) is 5.98. The lowest BCUT2D eigenvalue weighted by Crippen LogP contribution is -2.41. The molecular formula is C20H24N4OS. The number of amides is 1. The van der Waals surface area contributed by atoms with Crippen molar-refractivity contribution in [2.75, 3.05) is 24.5 Å². The van der Waals surface area contributed by atoms with Gasteiger partial charge in [-0.05, 0) is 55.3 Å². The van der Waals surface area contributed by atoms with Crippen LogP contribution in [0.2, 0.25) is 0 Å². The number of fused-ring (bicyclic) bond motifs is 1. The van der Waals surface area contributed by atoms with E-state index in [-0.39, 0.29) is 11.8 Å². The van der Waals surface area contributed by atoms with Gasteiger partial charge in [0.05, 0.1) is 11.0 Å². The Morgan fingerprint density at radius 1 is 1.35 bits per heavy atom. The summed E-state index contributed by atoms with van der Waals surface area (Å²) in [5.74, 6) is 1.23. The lowest BCUT2D eigenvalue weighted by Gasteiger charge is -2.31. The maximum atomic E-state index is 12.4. The summed E-state index contributed by atoms with van der Waals surface area (Å²) in [5.41, 5.74) is 3.30. The molecule has 6 heteroatoms. The first-order valence-corrected chi connectivity index (χ1v) is 10.1. The van der Waals surface area contributed by atoms with E-state index in [1.54, 1.807) is 11.3 Å². The van der Waals surface area contributed by atoms with Crippen LogP contribution in [0.4, 0.5) is 5.95 Å². The number of nitrogens with zero attached hydrogens (tertiary/aromatic N) is 2. The van der Waals surface area contributed by atoms with Crippen molar-refractivity contribution in [3.8, 4) is 0 Å². The van der Waals surface area contributed by atoms with Crippen LogP contribution in [-0.4, -0.2) is 35.5 Å². The summed E-state index contributed by atoms with van der Waals surface area (Å²) in [4.78, 5) is 24.1. The molecule has 26 heavy (non-hydrogen) atoms. The smallest absolute Gasteiger partial charge is 0.223 e. The van der Waals surface area contributed by atoms with Gasteiger partial charge in [-0.15, -0.1) is 11.3 Å². The molecule has 1 aromatic carbocycles. The number of carbonyl (C=O) groups is 1. The third-order valence-electron chi connectivity index (χ3n) is 5.04. The number of anilines is 1. The van der Waals surface area contributed by atoms with Gasteiger partial charge in [0.25, 0.3) is 0 Å². The zero-order valence-corrected chi connectivity index (χ0v) is 15.8. The number of H-pyrrole nitrogens is 1. The topological polar surface area (TPSA) is 61.0 Å². The number of thiophene rings is 1. The van der Waals surface area contributed by atoms with Gasteiger partial charge in [0, 0.05) is 30.4 Å². The molecule has 3 heterocycles. The minimum atomic E-state index is 0.112. The van der Waals surface area contributed by atoms with Crippen molar-refractivity contribution >= 4 is 34.2 Å². The van der Waals surface area contributed by atoms with Gasteiger partial charge in [-0.3, -0.25) is 4.79 Å². The van der Waals surface area contributed by atoms with Gasteiger partial charge < -0.3 is 15.2 Å². The minimum Gasteiger partial charge on any atom is -0.355 e. The SMILES string of the molecule is Cc1ccc2nc(N3CCC(C(=O)NCCc4cccs4)CC3)[nH]c2c1. The molecule has 3 aromatic rings. The average Bonchev–Trinajstić information content (AvgIpc) is 3.31. The van der Waals surface area contributed by atoms with Crippen molar-refractivity contribution < 1.29 is 4.79 Å². The highest BCUT2D eigenvalue weighted by Crippen LogP contribution is 2.24. The molecule has 1 fully saturated rings. The Balaban J connectivity index is 1.29. The molecule has 1 aliphatic rings. The molecule has 1 saturated heterocycles. The number of aromatic nitrogens is 2. The fourth-order valence-corrected chi connectivity index (χ4v) is 4.23. The Morgan fingerprint density at radius 2 is 2.19 bits per heavy atom. The quantitative estimate of drug-likeness (QED) is 0.724. The Kier molecular flexibility index (Phi) is 4.93. The van der Waals surface area contributed by atoms with Crippen molar-refractivity contribution in [1.82, 2.24) is 15.3 Å². The first-order chi connectivity index (χ1) is 12.7. The highest BCUT2D eigenvalue weighted by atomic mass is 32.1. The van der Waals surface area contributed by atoms with E-state index in [1.807, 2.05) is 0 Å². The summed E-state index contributed by atoms with van der Waals surface area (Å²) in [7, 11) is 0. The lowest BCUT2D eigenvalue weighted by molar-refractivity contribution is -0.125. The van der Waals surface area contributed by atoms with E-state index in [1.165, 1.54) is 10.4 Å². The fourth-order valence-electron chi connectivity index (χ4n) is 3.52. The maximum absolute atomic E-state index is 12.4. The molecule has 0 aliphatic carbocycles. The van der Waals surface area contributed by atoms with Gasteiger partial charge >= 0.3 is 0 Å². The summed E-state index contributed by atoms with van der Waals surface area (Å²) >= 11 is 1.74. The van der Waals surface area contributed by atoms with E-state index in [0.29, 0.717) is 0 Å². The molecule has 0 unspecified atom stereocenters. The summed E-state index contributed by atoms with van der Waals surface area (Å²) in [6.07, 6.45) is 2.67. The summed E-state index contributed by atoms with van der Waals surface area (Å²) in [6, 6.07) is 10.4. The number of aryl methyl sites for hydroxylation is 1. The molecule has 0 radical (unpaired) electrons. The van der Waals surface area contributed by atoms with Crippen LogP contribution < -0.4 is 10.2 Å². The summed E-state index contributed by atoms with van der Waals surface area (Å²) < 4.78 is 0. The van der Waals surface area contributed by atoms with E-state index in [4.69, 9.17) is 4.98 Å². The first-order valence-electron chi connectivity index (χ1n) is 9.20. The second kappa shape index (κ2) is 7.50. The standard InChI is InChI=1S/C20H24N4OS/c1-14-4-5-17-18(13-14)23-20(22-17)24-10-7-15(8-11-24)19(25)21-9-6-16-3-2-12-26-16/h2-5,12-13,15H,6-11H2,1H3,(H,21,25)(H,22,23). The fraction of sp³-hybridized carbons (Fsp3) is 0.400. The van der Waals surface area contributed by atoms with Crippen LogP contribution in [0.15, 0.2) is 35.7 Å². The van der Waals surface area contributed by atoms with E-state index in [9.17, 15) is 4.79 Å². The molecule has 0 atom stereocenters. The third kappa shape index (κ3) is 3.75. The van der Waals surface area contributed by atoms with Crippen LogP contribution in [0, 0.1) is 12.8 Å². The van der Waals surface area contributed by atoms with Crippen molar-refractivity contribution in [2.24, 2.45) is 5.92 Å². The van der Waals surface area contributed by atoms with Crippen molar-refractivity contribution in [1.29, 1.82) is 0 Å². The van der Waals surface area contributed by atoms with Gasteiger partial charge in [-0.1, -0.05) is 12.1 Å². The molecule has 4 rings (SSSR count). The number of piperidine rings is 1. The average molecular weight is 369 g/mol. The minimum absolute atomic E-state index is 0.112. The summed E-state index contributed by atoms with van der Waals surface area (Å²) in [5, 5.41) is 5.17. The zero-order chi connectivity index (χ0) is 17.9. The number of imidazole rings is 1. The summed E-state index contributed by atoms with van der Waals surface area (Å²) in [6.45, 7) is 4.54. The predicted molar refractivity (Wildman–Crippen MR) is 107 cm³/mol. The highest BCUT2D eigenvalue weighted by molar-refractivity contribution is 7.09. The molecule has 1 amide bonds. The highest BCUT2D eigenvalue weighted by Gasteiger charge is 2.26. The monoisotopic (exact) mass is 368 g/mol. The number of rotatable bonds is 5. The molecule has 0 spiro atoms. The first kappa shape index (κ1) is 17.1. The van der Waals surface area contributed by atoms with Gasteiger partial charge in [-0.25, -0.2) is 4.98 Å². The van der Waals surface area contributed by atoms with E-state index in [2.05, 4.69) is 57.8 Å². The van der Waals surface area contributed by atoms with Gasteiger partial charge in [0.1, 0.15) is 0 Å². The van der Waals surface area contributed by atoms with Crippen LogP contribution >= 0.6 is 11.3 Å². The number of benzene rings is 1. The Hall–Kier alpha value is -2.34. The molecule has 0 saturated carbocycles. The van der Waals surface area contributed by atoms with Gasteiger partial charge in [-0.2, -0.15) is 0 Å². The van der Waals surface area contributed by atoms with Crippen LogP contribution in [0.1, 0.15) is 23.3 Å². The normalized spacial score (nSPS) is 15.5. The molecular weight excluding hydrogens is 344 g/mol. The van der Waals surface area contributed by atoms with Crippen molar-refractivity contribution in [3.63, 3.8) is 0 Å². The molecule has 2 aromatic heterocycles.